The molecule has 0 unspecified atom stereocenters. The first-order valence-corrected chi connectivity index (χ1v) is 9.14. The lowest BCUT2D eigenvalue weighted by molar-refractivity contribution is -0.142. The number of nitrogens with one attached hydrogen (secondary N) is 1. The molecule has 2 aromatic heterocycles. The molecule has 0 radical (unpaired) electrons. The molecule has 0 fully saturated rings. The Kier molecular flexibility index (Phi) is 5.54. The van der Waals surface area contributed by atoms with Gasteiger partial charge in [0.2, 0.25) is 0 Å². The zero-order valence-electron chi connectivity index (χ0n) is 14.3. The number of anilines is 1. The maximum atomic E-state index is 12.0. The van der Waals surface area contributed by atoms with Crippen molar-refractivity contribution < 1.29 is 18.7 Å². The van der Waals surface area contributed by atoms with E-state index in [2.05, 4.69) is 11.4 Å². The van der Waals surface area contributed by atoms with Crippen LogP contribution >= 0.6 is 11.3 Å². The predicted molar refractivity (Wildman–Crippen MR) is 97.7 cm³/mol. The van der Waals surface area contributed by atoms with Crippen LogP contribution in [-0.2, 0) is 27.2 Å². The van der Waals surface area contributed by atoms with Crippen LogP contribution in [0.2, 0.25) is 0 Å². The summed E-state index contributed by atoms with van der Waals surface area (Å²) in [6, 6.07) is 5.69. The molecule has 0 saturated heterocycles. The minimum Gasteiger partial charge on any atom is -0.462 e. The highest BCUT2D eigenvalue weighted by Gasteiger charge is 2.21. The Bertz CT molecular complexity index is 901. The van der Waals surface area contributed by atoms with E-state index < -0.39 is 18.5 Å². The second kappa shape index (κ2) is 8.02. The summed E-state index contributed by atoms with van der Waals surface area (Å²) >= 11 is 1.44. The Hall–Kier alpha value is -2.85. The zero-order chi connectivity index (χ0) is 18.5. The van der Waals surface area contributed by atoms with Gasteiger partial charge in [0, 0.05) is 11.0 Å². The summed E-state index contributed by atoms with van der Waals surface area (Å²) in [5.74, 6) is 0.173. The summed E-state index contributed by atoms with van der Waals surface area (Å²) < 4.78 is 10.2. The average molecular weight is 370 g/mol. The Balaban J connectivity index is 1.54. The topological polar surface area (TPSA) is 92.3 Å². The quantitative estimate of drug-likeness (QED) is 0.641. The molecule has 1 N–H and O–H groups in total. The number of ether oxygens (including phenoxy) is 1. The first kappa shape index (κ1) is 18.0. The lowest BCUT2D eigenvalue weighted by Gasteiger charge is -2.09. The lowest BCUT2D eigenvalue weighted by atomic mass is 9.96. The number of esters is 1. The van der Waals surface area contributed by atoms with Gasteiger partial charge in [0.15, 0.2) is 6.61 Å². The number of carbonyl (C=O) groups is 2. The van der Waals surface area contributed by atoms with Crippen molar-refractivity contribution in [2.75, 3.05) is 11.9 Å². The molecule has 2 aromatic rings. The Morgan fingerprint density at radius 1 is 1.38 bits per heavy atom. The number of nitriles is 1. The average Bonchev–Trinajstić information content (AvgIpc) is 3.20. The second-order valence-corrected chi connectivity index (χ2v) is 7.07. The molecule has 1 amide bonds. The van der Waals surface area contributed by atoms with Gasteiger partial charge in [-0.05, 0) is 56.4 Å². The van der Waals surface area contributed by atoms with Gasteiger partial charge in [-0.15, -0.1) is 11.3 Å². The van der Waals surface area contributed by atoms with Crippen molar-refractivity contribution in [1.82, 2.24) is 0 Å². The molecular weight excluding hydrogens is 352 g/mol. The lowest BCUT2D eigenvalue weighted by Crippen LogP contribution is -2.20. The van der Waals surface area contributed by atoms with Crippen LogP contribution in [0.3, 0.4) is 0 Å². The first-order chi connectivity index (χ1) is 12.6. The van der Waals surface area contributed by atoms with Crippen LogP contribution in [0.15, 0.2) is 22.6 Å². The highest BCUT2D eigenvalue weighted by atomic mass is 32.1. The van der Waals surface area contributed by atoms with E-state index >= 15 is 0 Å². The number of hydrogen-bond donors (Lipinski definition) is 1. The molecule has 0 aliphatic heterocycles. The van der Waals surface area contributed by atoms with Crippen molar-refractivity contribution in [2.45, 2.75) is 32.6 Å². The summed E-state index contributed by atoms with van der Waals surface area (Å²) in [4.78, 5) is 24.9. The SMILES string of the molecule is Cc1ccc(C=CC(=O)OCC(=O)Nc2sc3c(c2C#N)CCCC3)o1. The summed E-state index contributed by atoms with van der Waals surface area (Å²) in [7, 11) is 0. The van der Waals surface area contributed by atoms with Crippen LogP contribution in [0, 0.1) is 18.3 Å². The number of thiophene rings is 1. The van der Waals surface area contributed by atoms with E-state index in [9.17, 15) is 14.9 Å². The summed E-state index contributed by atoms with van der Waals surface area (Å²) in [6.45, 7) is 1.39. The van der Waals surface area contributed by atoms with Gasteiger partial charge < -0.3 is 14.5 Å². The van der Waals surface area contributed by atoms with Crippen molar-refractivity contribution in [1.29, 1.82) is 5.26 Å². The molecule has 7 heteroatoms. The fraction of sp³-hybridized carbons (Fsp3) is 0.316. The minimum atomic E-state index is -0.639. The van der Waals surface area contributed by atoms with Gasteiger partial charge in [-0.2, -0.15) is 5.26 Å². The number of nitrogens with zero attached hydrogens (tertiary/aromatic N) is 1. The molecule has 0 spiro atoms. The largest absolute Gasteiger partial charge is 0.462 e. The molecule has 134 valence electrons. The standard InChI is InChI=1S/C19H18N2O4S/c1-12-6-7-13(25-12)8-9-18(23)24-11-17(22)21-19-15(10-20)14-4-2-3-5-16(14)26-19/h6-9H,2-5,11H2,1H3,(H,21,22). The van der Waals surface area contributed by atoms with Crippen molar-refractivity contribution >= 4 is 34.3 Å². The highest BCUT2D eigenvalue weighted by molar-refractivity contribution is 7.16. The van der Waals surface area contributed by atoms with Crippen molar-refractivity contribution in [2.24, 2.45) is 0 Å². The molecule has 0 saturated carbocycles. The fourth-order valence-electron chi connectivity index (χ4n) is 2.81. The number of amides is 1. The summed E-state index contributed by atoms with van der Waals surface area (Å²) in [5.41, 5.74) is 1.59. The van der Waals surface area contributed by atoms with E-state index in [1.165, 1.54) is 23.5 Å². The van der Waals surface area contributed by atoms with Crippen LogP contribution in [0.25, 0.3) is 6.08 Å². The van der Waals surface area contributed by atoms with Crippen LogP contribution in [0.4, 0.5) is 5.00 Å². The third kappa shape index (κ3) is 4.21. The van der Waals surface area contributed by atoms with Crippen LogP contribution < -0.4 is 5.32 Å². The molecule has 1 aliphatic carbocycles. The first-order valence-electron chi connectivity index (χ1n) is 8.32. The van der Waals surface area contributed by atoms with Gasteiger partial charge in [-0.3, -0.25) is 4.79 Å². The maximum absolute atomic E-state index is 12.0. The third-order valence-corrected chi connectivity index (χ3v) is 5.23. The number of rotatable bonds is 5. The van der Waals surface area contributed by atoms with Gasteiger partial charge in [0.05, 0.1) is 5.56 Å². The van der Waals surface area contributed by atoms with Crippen molar-refractivity contribution in [3.8, 4) is 6.07 Å². The second-order valence-electron chi connectivity index (χ2n) is 5.96. The Labute approximate surface area is 155 Å². The zero-order valence-corrected chi connectivity index (χ0v) is 15.1. The number of carbonyl (C=O) groups excluding carboxylic acids is 2. The van der Waals surface area contributed by atoms with Gasteiger partial charge in [-0.1, -0.05) is 0 Å². The number of aryl methyl sites for hydroxylation is 2. The molecular formula is C19H18N2O4S. The van der Waals surface area contributed by atoms with Gasteiger partial charge in [0.1, 0.15) is 22.6 Å². The number of fused-ring (bicyclic) bond motifs is 1. The summed E-state index contributed by atoms with van der Waals surface area (Å²) in [6.07, 6.45) is 6.66. The highest BCUT2D eigenvalue weighted by Crippen LogP contribution is 2.37. The Morgan fingerprint density at radius 3 is 2.92 bits per heavy atom. The molecule has 0 atom stereocenters. The molecule has 6 nitrogen and oxygen atoms in total. The molecule has 0 aromatic carbocycles. The van der Waals surface area contributed by atoms with Crippen molar-refractivity contribution in [3.63, 3.8) is 0 Å². The number of hydrogen-bond acceptors (Lipinski definition) is 6. The smallest absolute Gasteiger partial charge is 0.331 e. The minimum absolute atomic E-state index is 0.409. The van der Waals surface area contributed by atoms with Crippen LogP contribution in [0.1, 0.15) is 40.4 Å². The predicted octanol–water partition coefficient (Wildman–Crippen LogP) is 3.60. The molecule has 3 rings (SSSR count). The molecule has 2 heterocycles. The maximum Gasteiger partial charge on any atom is 0.331 e. The Morgan fingerprint density at radius 2 is 2.19 bits per heavy atom. The molecule has 0 bridgehead atoms. The van der Waals surface area contributed by atoms with E-state index in [0.29, 0.717) is 16.3 Å². The van der Waals surface area contributed by atoms with Crippen LogP contribution in [0.5, 0.6) is 0 Å². The van der Waals surface area contributed by atoms with Crippen LogP contribution in [-0.4, -0.2) is 18.5 Å². The van der Waals surface area contributed by atoms with Gasteiger partial charge >= 0.3 is 5.97 Å². The van der Waals surface area contributed by atoms with Gasteiger partial charge in [-0.25, -0.2) is 4.79 Å². The van der Waals surface area contributed by atoms with E-state index in [4.69, 9.17) is 9.15 Å². The van der Waals surface area contributed by atoms with E-state index in [0.717, 1.165) is 41.9 Å². The number of furan rings is 1. The van der Waals surface area contributed by atoms with E-state index in [-0.39, 0.29) is 0 Å². The fourth-order valence-corrected chi connectivity index (χ4v) is 4.07. The van der Waals surface area contributed by atoms with Crippen molar-refractivity contribution in [3.05, 3.63) is 45.7 Å². The summed E-state index contributed by atoms with van der Waals surface area (Å²) in [5, 5.41) is 12.6. The normalized spacial score (nSPS) is 13.2. The van der Waals surface area contributed by atoms with E-state index in [1.54, 1.807) is 19.1 Å². The molecule has 26 heavy (non-hydrogen) atoms. The third-order valence-electron chi connectivity index (χ3n) is 4.03. The van der Waals surface area contributed by atoms with E-state index in [1.807, 2.05) is 0 Å². The monoisotopic (exact) mass is 370 g/mol. The van der Waals surface area contributed by atoms with Gasteiger partial charge in [0.25, 0.3) is 5.91 Å². The molecule has 1 aliphatic rings.